The van der Waals surface area contributed by atoms with Gasteiger partial charge < -0.3 is 10.6 Å². The van der Waals surface area contributed by atoms with E-state index in [1.54, 1.807) is 12.1 Å². The van der Waals surface area contributed by atoms with Gasteiger partial charge >= 0.3 is 0 Å². The molecule has 0 spiro atoms. The molecule has 11 heteroatoms. The van der Waals surface area contributed by atoms with E-state index in [1.165, 1.54) is 34.6 Å². The Hall–Kier alpha value is -2.69. The highest BCUT2D eigenvalue weighted by atomic mass is 35.5. The van der Waals surface area contributed by atoms with E-state index >= 15 is 0 Å². The number of rotatable bonds is 8. The van der Waals surface area contributed by atoms with Crippen LogP contribution in [0, 0.1) is 10.1 Å². The van der Waals surface area contributed by atoms with Gasteiger partial charge in [0.1, 0.15) is 0 Å². The molecule has 0 radical (unpaired) electrons. The smallest absolute Gasteiger partial charge is 0.269 e. The maximum Gasteiger partial charge on any atom is 0.269 e. The molecule has 2 aromatic carbocycles. The van der Waals surface area contributed by atoms with Crippen molar-refractivity contribution >= 4 is 38.9 Å². The van der Waals surface area contributed by atoms with Crippen LogP contribution in [-0.2, 0) is 10.0 Å². The number of nitrogens with zero attached hydrogens (tertiary/aromatic N) is 2. The van der Waals surface area contributed by atoms with Crippen molar-refractivity contribution < 1.29 is 18.1 Å². The van der Waals surface area contributed by atoms with E-state index in [1.807, 2.05) is 0 Å². The van der Waals surface area contributed by atoms with Crippen molar-refractivity contribution in [3.8, 4) is 0 Å². The highest BCUT2D eigenvalue weighted by Crippen LogP contribution is 2.25. The molecule has 0 bridgehead atoms. The number of hydrogen-bond donors (Lipinski definition) is 2. The van der Waals surface area contributed by atoms with Crippen molar-refractivity contribution in [2.45, 2.75) is 17.7 Å². The zero-order chi connectivity index (χ0) is 21.7. The van der Waals surface area contributed by atoms with E-state index in [2.05, 4.69) is 10.6 Å². The van der Waals surface area contributed by atoms with Crippen molar-refractivity contribution in [1.29, 1.82) is 0 Å². The van der Waals surface area contributed by atoms with Gasteiger partial charge in [0, 0.05) is 44.0 Å². The first-order chi connectivity index (χ1) is 14.3. The Bertz CT molecular complexity index is 1040. The van der Waals surface area contributed by atoms with Gasteiger partial charge in [0.25, 0.3) is 11.6 Å². The monoisotopic (exact) mass is 452 g/mol. The van der Waals surface area contributed by atoms with Crippen LogP contribution in [0.25, 0.3) is 0 Å². The summed E-state index contributed by atoms with van der Waals surface area (Å²) in [6.07, 6.45) is 1.64. The van der Waals surface area contributed by atoms with Crippen molar-refractivity contribution in [3.63, 3.8) is 0 Å². The highest BCUT2D eigenvalue weighted by molar-refractivity contribution is 7.89. The number of nitrogens with one attached hydrogen (secondary N) is 2. The molecule has 1 aliphatic rings. The number of sulfonamides is 1. The van der Waals surface area contributed by atoms with E-state index in [0.717, 1.165) is 12.8 Å². The molecular formula is C19H21ClN4O5S. The predicted octanol–water partition coefficient (Wildman–Crippen LogP) is 2.87. The lowest BCUT2D eigenvalue weighted by molar-refractivity contribution is -0.384. The third-order valence-corrected chi connectivity index (χ3v) is 6.93. The number of nitro groups is 1. The molecule has 0 saturated carbocycles. The first-order valence-corrected chi connectivity index (χ1v) is 11.2. The molecule has 1 fully saturated rings. The van der Waals surface area contributed by atoms with E-state index in [4.69, 9.17) is 11.6 Å². The first-order valence-electron chi connectivity index (χ1n) is 9.35. The van der Waals surface area contributed by atoms with Crippen LogP contribution in [0.2, 0.25) is 5.02 Å². The number of carbonyl (C=O) groups excluding carboxylic acids is 1. The van der Waals surface area contributed by atoms with Gasteiger partial charge in [-0.25, -0.2) is 8.42 Å². The van der Waals surface area contributed by atoms with Gasteiger partial charge in [-0.05, 0) is 43.2 Å². The van der Waals surface area contributed by atoms with Crippen LogP contribution in [0.5, 0.6) is 0 Å². The van der Waals surface area contributed by atoms with Gasteiger partial charge in [-0.15, -0.1) is 0 Å². The second-order valence-electron chi connectivity index (χ2n) is 6.74. The van der Waals surface area contributed by atoms with Crippen LogP contribution in [0.1, 0.15) is 23.2 Å². The minimum Gasteiger partial charge on any atom is -0.383 e. The second-order valence-corrected chi connectivity index (χ2v) is 9.08. The number of anilines is 1. The average molecular weight is 453 g/mol. The van der Waals surface area contributed by atoms with Crippen LogP contribution >= 0.6 is 11.6 Å². The summed E-state index contributed by atoms with van der Waals surface area (Å²) in [6, 6.07) is 10.0. The van der Waals surface area contributed by atoms with Crippen LogP contribution in [0.4, 0.5) is 11.4 Å². The lowest BCUT2D eigenvalue weighted by Gasteiger charge is -2.16. The molecule has 1 amide bonds. The molecule has 0 aliphatic carbocycles. The summed E-state index contributed by atoms with van der Waals surface area (Å²) in [7, 11) is -3.65. The Labute approximate surface area is 179 Å². The van der Waals surface area contributed by atoms with Gasteiger partial charge in [-0.2, -0.15) is 4.31 Å². The molecule has 160 valence electrons. The van der Waals surface area contributed by atoms with Gasteiger partial charge in [-0.3, -0.25) is 14.9 Å². The maximum absolute atomic E-state index is 12.7. The Morgan fingerprint density at radius 3 is 2.40 bits per heavy atom. The summed E-state index contributed by atoms with van der Waals surface area (Å²) in [5.74, 6) is -0.482. The fraction of sp³-hybridized carbons (Fsp3) is 0.316. The van der Waals surface area contributed by atoms with Crippen molar-refractivity contribution in [3.05, 3.63) is 63.2 Å². The molecule has 0 atom stereocenters. The van der Waals surface area contributed by atoms with E-state index in [9.17, 15) is 23.3 Å². The fourth-order valence-electron chi connectivity index (χ4n) is 3.10. The second kappa shape index (κ2) is 9.41. The largest absolute Gasteiger partial charge is 0.383 e. The summed E-state index contributed by atoms with van der Waals surface area (Å²) in [6.45, 7) is 1.56. The van der Waals surface area contributed by atoms with Crippen molar-refractivity contribution in [2.24, 2.45) is 0 Å². The fourth-order valence-corrected chi connectivity index (χ4v) is 4.84. The topological polar surface area (TPSA) is 122 Å². The zero-order valence-corrected chi connectivity index (χ0v) is 17.6. The van der Waals surface area contributed by atoms with Crippen molar-refractivity contribution in [1.82, 2.24) is 9.62 Å². The Balaban J connectivity index is 1.59. The Morgan fingerprint density at radius 1 is 1.10 bits per heavy atom. The molecule has 30 heavy (non-hydrogen) atoms. The molecule has 1 saturated heterocycles. The van der Waals surface area contributed by atoms with E-state index < -0.39 is 20.9 Å². The summed E-state index contributed by atoms with van der Waals surface area (Å²) in [4.78, 5) is 22.7. The quantitative estimate of drug-likeness (QED) is 0.361. The molecule has 2 aromatic rings. The molecule has 1 aliphatic heterocycles. The Kier molecular flexibility index (Phi) is 6.91. The third kappa shape index (κ3) is 5.07. The minimum absolute atomic E-state index is 0.00717. The number of benzene rings is 2. The van der Waals surface area contributed by atoms with Crippen LogP contribution in [0.3, 0.4) is 0 Å². The van der Waals surface area contributed by atoms with Crippen LogP contribution < -0.4 is 10.6 Å². The number of amides is 1. The molecule has 2 N–H and O–H groups in total. The first kappa shape index (κ1) is 22.0. The molecule has 1 heterocycles. The minimum atomic E-state index is -3.65. The van der Waals surface area contributed by atoms with Crippen LogP contribution in [0.15, 0.2) is 47.4 Å². The molecule has 0 aromatic heterocycles. The molecule has 3 rings (SSSR count). The summed E-state index contributed by atoms with van der Waals surface area (Å²) >= 11 is 6.11. The van der Waals surface area contributed by atoms with Gasteiger partial charge in [0.15, 0.2) is 0 Å². The highest BCUT2D eigenvalue weighted by Gasteiger charge is 2.28. The van der Waals surface area contributed by atoms with Gasteiger partial charge in [0.05, 0.1) is 20.4 Å². The van der Waals surface area contributed by atoms with Gasteiger partial charge in [-0.1, -0.05) is 11.6 Å². The van der Waals surface area contributed by atoms with E-state index in [0.29, 0.717) is 25.3 Å². The number of non-ortho nitro benzene ring substituents is 1. The normalized spacial score (nSPS) is 14.4. The van der Waals surface area contributed by atoms with Gasteiger partial charge in [0.2, 0.25) is 10.0 Å². The Morgan fingerprint density at radius 2 is 1.77 bits per heavy atom. The molecule has 0 unspecified atom stereocenters. The molecule has 9 nitrogen and oxygen atoms in total. The zero-order valence-electron chi connectivity index (χ0n) is 16.0. The number of halogens is 1. The summed E-state index contributed by atoms with van der Waals surface area (Å²) in [5.41, 5.74) is 0.756. The predicted molar refractivity (Wildman–Crippen MR) is 113 cm³/mol. The van der Waals surface area contributed by atoms with Crippen molar-refractivity contribution in [2.75, 3.05) is 31.5 Å². The maximum atomic E-state index is 12.7. The SMILES string of the molecule is O=C(NCCNc1ccc([N+](=O)[O-])cc1)c1cc(S(=O)(=O)N2CCCC2)ccc1Cl. The summed E-state index contributed by atoms with van der Waals surface area (Å²) in [5, 5.41) is 16.5. The van der Waals surface area contributed by atoms with E-state index in [-0.39, 0.29) is 27.7 Å². The molecular weight excluding hydrogens is 432 g/mol. The lowest BCUT2D eigenvalue weighted by atomic mass is 10.2. The number of hydrogen-bond acceptors (Lipinski definition) is 6. The number of carbonyl (C=O) groups is 1. The third-order valence-electron chi connectivity index (χ3n) is 4.70. The average Bonchev–Trinajstić information content (AvgIpc) is 3.27. The summed E-state index contributed by atoms with van der Waals surface area (Å²) < 4.78 is 26.8. The lowest BCUT2D eigenvalue weighted by Crippen LogP contribution is -2.30. The standard InChI is InChI=1S/C19H21ClN4O5S/c20-18-8-7-16(30(28,29)23-11-1-2-12-23)13-17(18)19(25)22-10-9-21-14-3-5-15(6-4-14)24(26)27/h3-8,13,21H,1-2,9-12H2,(H,22,25). The number of nitro benzene ring substituents is 1. The van der Waals surface area contributed by atoms with Crippen LogP contribution in [-0.4, -0.2) is 49.7 Å².